The van der Waals surface area contributed by atoms with E-state index in [1.165, 1.54) is 12.8 Å². The fraction of sp³-hybridized carbons (Fsp3) is 1.00. The van der Waals surface area contributed by atoms with E-state index in [4.69, 9.17) is 16.3 Å². The molecule has 0 fully saturated rings. The summed E-state index contributed by atoms with van der Waals surface area (Å²) in [4.78, 5) is 0. The summed E-state index contributed by atoms with van der Waals surface area (Å²) in [7, 11) is 1.76. The van der Waals surface area contributed by atoms with Crippen LogP contribution in [0.4, 0.5) is 0 Å². The Labute approximate surface area is 68.7 Å². The third kappa shape index (κ3) is 5.07. The van der Waals surface area contributed by atoms with Gasteiger partial charge in [-0.15, -0.1) is 11.6 Å². The fourth-order valence-corrected chi connectivity index (χ4v) is 1.18. The highest BCUT2D eigenvalue weighted by atomic mass is 35.5. The largest absolute Gasteiger partial charge is 0.381 e. The molecule has 0 heterocycles. The van der Waals surface area contributed by atoms with Crippen molar-refractivity contribution in [2.75, 3.05) is 13.0 Å². The first kappa shape index (κ1) is 10.2. The lowest BCUT2D eigenvalue weighted by Gasteiger charge is -2.12. The Morgan fingerprint density at radius 2 is 2.10 bits per heavy atom. The zero-order valence-corrected chi connectivity index (χ0v) is 7.66. The lowest BCUT2D eigenvalue weighted by Crippen LogP contribution is -2.10. The van der Waals surface area contributed by atoms with E-state index in [1.807, 2.05) is 0 Å². The number of hydrogen-bond acceptors (Lipinski definition) is 1. The van der Waals surface area contributed by atoms with Crippen molar-refractivity contribution in [3.05, 3.63) is 0 Å². The van der Waals surface area contributed by atoms with Gasteiger partial charge in [-0.1, -0.05) is 19.8 Å². The summed E-state index contributed by atoms with van der Waals surface area (Å²) in [5, 5.41) is 0. The first-order valence-corrected chi connectivity index (χ1v) is 4.47. The predicted octanol–water partition coefficient (Wildman–Crippen LogP) is 2.82. The van der Waals surface area contributed by atoms with Gasteiger partial charge in [0.25, 0.3) is 0 Å². The van der Waals surface area contributed by atoms with Gasteiger partial charge in [0.05, 0.1) is 6.10 Å². The van der Waals surface area contributed by atoms with Crippen LogP contribution in [0.3, 0.4) is 0 Å². The summed E-state index contributed by atoms with van der Waals surface area (Å²) in [5.74, 6) is 0.711. The lowest BCUT2D eigenvalue weighted by atomic mass is 10.1. The Balaban J connectivity index is 3.21. The molecule has 0 saturated heterocycles. The van der Waals surface area contributed by atoms with Crippen LogP contribution in [0.5, 0.6) is 0 Å². The standard InChI is InChI=1S/C8H17ClO/c1-3-4-5-8(10-2)6-7-9/h8H,3-7H2,1-2H3. The highest BCUT2D eigenvalue weighted by Gasteiger charge is 2.03. The smallest absolute Gasteiger partial charge is 0.0582 e. The Morgan fingerprint density at radius 3 is 2.50 bits per heavy atom. The average Bonchev–Trinajstić information content (AvgIpc) is 1.98. The fourth-order valence-electron chi connectivity index (χ4n) is 0.934. The van der Waals surface area contributed by atoms with Crippen molar-refractivity contribution < 1.29 is 4.74 Å². The van der Waals surface area contributed by atoms with Crippen LogP contribution in [-0.2, 0) is 4.74 Å². The molecule has 0 radical (unpaired) electrons. The van der Waals surface area contributed by atoms with Crippen molar-refractivity contribution in [3.8, 4) is 0 Å². The number of methoxy groups -OCH3 is 1. The molecule has 0 aromatic carbocycles. The Hall–Kier alpha value is 0.250. The molecule has 0 rings (SSSR count). The summed E-state index contributed by atoms with van der Waals surface area (Å²) in [6, 6.07) is 0. The normalized spacial score (nSPS) is 13.5. The maximum Gasteiger partial charge on any atom is 0.0582 e. The number of rotatable bonds is 6. The van der Waals surface area contributed by atoms with E-state index in [9.17, 15) is 0 Å². The monoisotopic (exact) mass is 164 g/mol. The summed E-state index contributed by atoms with van der Waals surface area (Å²) in [5.41, 5.74) is 0. The number of ether oxygens (including phenoxy) is 1. The van der Waals surface area contributed by atoms with Gasteiger partial charge < -0.3 is 4.74 Å². The summed E-state index contributed by atoms with van der Waals surface area (Å²) in [6.45, 7) is 2.19. The third-order valence-electron chi connectivity index (χ3n) is 1.64. The predicted molar refractivity (Wildman–Crippen MR) is 45.7 cm³/mol. The molecule has 0 aliphatic carbocycles. The van der Waals surface area contributed by atoms with Crippen LogP contribution < -0.4 is 0 Å². The van der Waals surface area contributed by atoms with Crippen molar-refractivity contribution in [2.45, 2.75) is 38.7 Å². The average molecular weight is 165 g/mol. The minimum atomic E-state index is 0.387. The second-order valence-corrected chi connectivity index (χ2v) is 2.86. The van der Waals surface area contributed by atoms with E-state index in [-0.39, 0.29) is 0 Å². The van der Waals surface area contributed by atoms with E-state index >= 15 is 0 Å². The molecule has 1 nitrogen and oxygen atoms in total. The summed E-state index contributed by atoms with van der Waals surface area (Å²) >= 11 is 5.57. The number of halogens is 1. The SMILES string of the molecule is CCCCC(CCCl)OC. The number of alkyl halides is 1. The van der Waals surface area contributed by atoms with Crippen molar-refractivity contribution in [2.24, 2.45) is 0 Å². The minimum absolute atomic E-state index is 0.387. The molecule has 0 saturated carbocycles. The van der Waals surface area contributed by atoms with Crippen molar-refractivity contribution >= 4 is 11.6 Å². The zero-order valence-electron chi connectivity index (χ0n) is 6.90. The molecule has 62 valence electrons. The summed E-state index contributed by atoms with van der Waals surface area (Å²) in [6.07, 6.45) is 5.01. The topological polar surface area (TPSA) is 9.23 Å². The van der Waals surface area contributed by atoms with Crippen molar-refractivity contribution in [3.63, 3.8) is 0 Å². The maximum absolute atomic E-state index is 5.57. The van der Waals surface area contributed by atoms with Crippen LogP contribution >= 0.6 is 11.6 Å². The van der Waals surface area contributed by atoms with Gasteiger partial charge >= 0.3 is 0 Å². The van der Waals surface area contributed by atoms with Crippen LogP contribution in [0.1, 0.15) is 32.6 Å². The second kappa shape index (κ2) is 7.36. The van der Waals surface area contributed by atoms with Gasteiger partial charge in [0, 0.05) is 13.0 Å². The molecule has 0 spiro atoms. The van der Waals surface area contributed by atoms with Crippen LogP contribution in [0.2, 0.25) is 0 Å². The quantitative estimate of drug-likeness (QED) is 0.549. The van der Waals surface area contributed by atoms with E-state index in [0.29, 0.717) is 12.0 Å². The molecular weight excluding hydrogens is 148 g/mol. The molecule has 10 heavy (non-hydrogen) atoms. The molecule has 1 atom stereocenters. The summed E-state index contributed by atoms with van der Waals surface area (Å²) < 4.78 is 5.21. The van der Waals surface area contributed by atoms with Crippen LogP contribution in [0.15, 0.2) is 0 Å². The highest BCUT2D eigenvalue weighted by molar-refractivity contribution is 6.17. The van der Waals surface area contributed by atoms with Gasteiger partial charge in [-0.2, -0.15) is 0 Å². The van der Waals surface area contributed by atoms with Gasteiger partial charge in [-0.05, 0) is 12.8 Å². The van der Waals surface area contributed by atoms with E-state index in [1.54, 1.807) is 7.11 Å². The minimum Gasteiger partial charge on any atom is -0.381 e. The molecule has 0 aliphatic heterocycles. The third-order valence-corrected chi connectivity index (χ3v) is 1.86. The van der Waals surface area contributed by atoms with Gasteiger partial charge in [0.1, 0.15) is 0 Å². The Kier molecular flexibility index (Phi) is 7.54. The van der Waals surface area contributed by atoms with Crippen LogP contribution in [-0.4, -0.2) is 19.1 Å². The highest BCUT2D eigenvalue weighted by Crippen LogP contribution is 2.08. The molecule has 0 bridgehead atoms. The number of unbranched alkanes of at least 4 members (excludes halogenated alkanes) is 1. The molecule has 0 aromatic rings. The zero-order chi connectivity index (χ0) is 7.82. The molecule has 1 unspecified atom stereocenters. The first-order chi connectivity index (χ1) is 4.85. The molecule has 0 aromatic heterocycles. The van der Waals surface area contributed by atoms with Gasteiger partial charge in [-0.3, -0.25) is 0 Å². The number of hydrogen-bond donors (Lipinski definition) is 0. The molecule has 0 N–H and O–H groups in total. The van der Waals surface area contributed by atoms with E-state index < -0.39 is 0 Å². The maximum atomic E-state index is 5.57. The molecule has 0 aliphatic rings. The van der Waals surface area contributed by atoms with Crippen LogP contribution in [0, 0.1) is 0 Å². The Bertz CT molecular complexity index is 66.3. The molecular formula is C8H17ClO. The van der Waals surface area contributed by atoms with Crippen LogP contribution in [0.25, 0.3) is 0 Å². The first-order valence-electron chi connectivity index (χ1n) is 3.93. The van der Waals surface area contributed by atoms with Crippen molar-refractivity contribution in [1.29, 1.82) is 0 Å². The van der Waals surface area contributed by atoms with Gasteiger partial charge in [0.2, 0.25) is 0 Å². The lowest BCUT2D eigenvalue weighted by molar-refractivity contribution is 0.0909. The molecule has 0 amide bonds. The van der Waals surface area contributed by atoms with E-state index in [0.717, 1.165) is 12.8 Å². The van der Waals surface area contributed by atoms with E-state index in [2.05, 4.69) is 6.92 Å². The second-order valence-electron chi connectivity index (χ2n) is 2.48. The van der Waals surface area contributed by atoms with Crippen molar-refractivity contribution in [1.82, 2.24) is 0 Å². The van der Waals surface area contributed by atoms with Gasteiger partial charge in [-0.25, -0.2) is 0 Å². The molecule has 2 heteroatoms. The Morgan fingerprint density at radius 1 is 1.40 bits per heavy atom. The van der Waals surface area contributed by atoms with Gasteiger partial charge in [0.15, 0.2) is 0 Å².